The number of piperidine rings is 1. The molecule has 1 aliphatic heterocycles. The van der Waals surface area contributed by atoms with Crippen molar-refractivity contribution in [2.45, 2.75) is 32.6 Å². The van der Waals surface area contributed by atoms with Crippen LogP contribution >= 0.6 is 11.3 Å². The maximum absolute atomic E-state index is 12.4. The molecule has 25 heavy (non-hydrogen) atoms. The Morgan fingerprint density at radius 3 is 2.52 bits per heavy atom. The molecule has 0 atom stereocenters. The number of amides is 2. The molecule has 0 spiro atoms. The summed E-state index contributed by atoms with van der Waals surface area (Å²) < 4.78 is 0. The highest BCUT2D eigenvalue weighted by molar-refractivity contribution is 7.13. The van der Waals surface area contributed by atoms with E-state index in [4.69, 9.17) is 5.73 Å². The Kier molecular flexibility index (Phi) is 5.48. The Labute approximate surface area is 151 Å². The van der Waals surface area contributed by atoms with Crippen LogP contribution in [0.4, 0.5) is 0 Å². The number of nitrogens with two attached hydrogens (primary N) is 1. The molecule has 2 amide bonds. The average Bonchev–Trinajstić information content (AvgIpc) is 3.10. The quantitative estimate of drug-likeness (QED) is 0.894. The number of primary amides is 1. The highest BCUT2D eigenvalue weighted by Gasteiger charge is 2.26. The maximum Gasteiger partial charge on any atom is 0.228 e. The van der Waals surface area contributed by atoms with Crippen molar-refractivity contribution >= 4 is 23.2 Å². The van der Waals surface area contributed by atoms with Gasteiger partial charge in [-0.05, 0) is 24.8 Å². The van der Waals surface area contributed by atoms with Gasteiger partial charge in [-0.1, -0.05) is 31.2 Å². The van der Waals surface area contributed by atoms with E-state index in [0.29, 0.717) is 32.4 Å². The van der Waals surface area contributed by atoms with Crippen LogP contribution in [0.5, 0.6) is 0 Å². The van der Waals surface area contributed by atoms with Gasteiger partial charge in [0, 0.05) is 30.0 Å². The molecule has 1 saturated heterocycles. The molecule has 5 nitrogen and oxygen atoms in total. The van der Waals surface area contributed by atoms with Gasteiger partial charge in [0.1, 0.15) is 5.01 Å². The molecule has 2 N–H and O–H groups in total. The first kappa shape index (κ1) is 17.6. The molecular weight excluding hydrogens is 334 g/mol. The lowest BCUT2D eigenvalue weighted by atomic mass is 9.96. The minimum absolute atomic E-state index is 0.0705. The number of aryl methyl sites for hydroxylation is 1. The number of hydrogen-bond donors (Lipinski definition) is 1. The van der Waals surface area contributed by atoms with Gasteiger partial charge in [-0.2, -0.15) is 0 Å². The molecule has 6 heteroatoms. The van der Waals surface area contributed by atoms with Gasteiger partial charge in [-0.25, -0.2) is 4.98 Å². The monoisotopic (exact) mass is 357 g/mol. The van der Waals surface area contributed by atoms with Gasteiger partial charge < -0.3 is 10.6 Å². The van der Waals surface area contributed by atoms with Crippen LogP contribution in [0, 0.1) is 5.92 Å². The normalized spacial score (nSPS) is 15.3. The Balaban J connectivity index is 1.59. The van der Waals surface area contributed by atoms with E-state index in [-0.39, 0.29) is 17.7 Å². The van der Waals surface area contributed by atoms with Crippen molar-refractivity contribution in [2.75, 3.05) is 13.1 Å². The fourth-order valence-electron chi connectivity index (χ4n) is 3.08. The second kappa shape index (κ2) is 7.78. The topological polar surface area (TPSA) is 76.3 Å². The van der Waals surface area contributed by atoms with Gasteiger partial charge in [-0.15, -0.1) is 11.3 Å². The summed E-state index contributed by atoms with van der Waals surface area (Å²) in [6.07, 6.45) is 2.65. The van der Waals surface area contributed by atoms with E-state index >= 15 is 0 Å². The summed E-state index contributed by atoms with van der Waals surface area (Å²) in [7, 11) is 0. The molecule has 0 aliphatic carbocycles. The van der Waals surface area contributed by atoms with E-state index in [0.717, 1.165) is 22.7 Å². The molecule has 0 radical (unpaired) electrons. The Bertz CT molecular complexity index is 746. The third-order valence-electron chi connectivity index (χ3n) is 4.74. The summed E-state index contributed by atoms with van der Waals surface area (Å²) in [4.78, 5) is 30.1. The highest BCUT2D eigenvalue weighted by Crippen LogP contribution is 2.25. The standard InChI is InChI=1S/C19H23N3O2S/c1-2-13-3-5-15(6-4-13)19-21-16(12-25-19)11-17(23)22-9-7-14(8-10-22)18(20)24/h3-6,12,14H,2,7-11H2,1H3,(H2,20,24). The number of likely N-dealkylation sites (tertiary alicyclic amines) is 1. The number of carbonyl (C=O) groups is 2. The van der Waals surface area contributed by atoms with Crippen LogP contribution in [0.25, 0.3) is 10.6 Å². The molecule has 132 valence electrons. The lowest BCUT2D eigenvalue weighted by Crippen LogP contribution is -2.42. The molecule has 1 fully saturated rings. The second-order valence-corrected chi connectivity index (χ2v) is 7.29. The van der Waals surface area contributed by atoms with E-state index in [1.807, 2.05) is 10.3 Å². The lowest BCUT2D eigenvalue weighted by molar-refractivity contribution is -0.134. The first-order valence-electron chi connectivity index (χ1n) is 8.67. The molecular formula is C19H23N3O2S. The highest BCUT2D eigenvalue weighted by atomic mass is 32.1. The molecule has 0 saturated carbocycles. The van der Waals surface area contributed by atoms with Gasteiger partial charge in [-0.3, -0.25) is 9.59 Å². The smallest absolute Gasteiger partial charge is 0.228 e. The molecule has 0 unspecified atom stereocenters. The van der Waals surface area contributed by atoms with E-state index in [9.17, 15) is 9.59 Å². The van der Waals surface area contributed by atoms with Crippen LogP contribution in [-0.4, -0.2) is 34.8 Å². The SMILES string of the molecule is CCc1ccc(-c2nc(CC(=O)N3CCC(C(N)=O)CC3)cs2)cc1. The van der Waals surface area contributed by atoms with E-state index in [1.165, 1.54) is 5.56 Å². The Morgan fingerprint density at radius 1 is 1.24 bits per heavy atom. The van der Waals surface area contributed by atoms with Crippen molar-refractivity contribution in [3.63, 3.8) is 0 Å². The number of nitrogens with zero attached hydrogens (tertiary/aromatic N) is 2. The molecule has 1 aliphatic rings. The maximum atomic E-state index is 12.4. The van der Waals surface area contributed by atoms with Crippen molar-refractivity contribution in [3.05, 3.63) is 40.9 Å². The molecule has 1 aromatic heterocycles. The lowest BCUT2D eigenvalue weighted by Gasteiger charge is -2.30. The zero-order valence-electron chi connectivity index (χ0n) is 14.4. The summed E-state index contributed by atoms with van der Waals surface area (Å²) in [6, 6.07) is 8.39. The third-order valence-corrected chi connectivity index (χ3v) is 5.68. The zero-order chi connectivity index (χ0) is 17.8. The summed E-state index contributed by atoms with van der Waals surface area (Å²) in [5, 5.41) is 2.90. The van der Waals surface area contributed by atoms with E-state index in [1.54, 1.807) is 11.3 Å². The van der Waals surface area contributed by atoms with E-state index < -0.39 is 0 Å². The number of benzene rings is 1. The fourth-order valence-corrected chi connectivity index (χ4v) is 3.91. The van der Waals surface area contributed by atoms with Crippen LogP contribution in [0.2, 0.25) is 0 Å². The van der Waals surface area contributed by atoms with Gasteiger partial charge >= 0.3 is 0 Å². The van der Waals surface area contributed by atoms with Crippen molar-refractivity contribution < 1.29 is 9.59 Å². The van der Waals surface area contributed by atoms with Crippen LogP contribution in [0.15, 0.2) is 29.6 Å². The Morgan fingerprint density at radius 2 is 1.92 bits per heavy atom. The van der Waals surface area contributed by atoms with Gasteiger partial charge in [0.25, 0.3) is 0 Å². The summed E-state index contributed by atoms with van der Waals surface area (Å²) in [6.45, 7) is 3.33. The first-order valence-corrected chi connectivity index (χ1v) is 9.55. The Hall–Kier alpha value is -2.21. The number of aromatic nitrogens is 1. The minimum Gasteiger partial charge on any atom is -0.369 e. The van der Waals surface area contributed by atoms with Gasteiger partial charge in [0.15, 0.2) is 0 Å². The van der Waals surface area contributed by atoms with Crippen molar-refractivity contribution in [3.8, 4) is 10.6 Å². The zero-order valence-corrected chi connectivity index (χ0v) is 15.2. The third kappa shape index (κ3) is 4.25. The second-order valence-electron chi connectivity index (χ2n) is 6.43. The fraction of sp³-hybridized carbons (Fsp3) is 0.421. The molecule has 2 heterocycles. The molecule has 0 bridgehead atoms. The van der Waals surface area contributed by atoms with Crippen LogP contribution in [0.1, 0.15) is 31.0 Å². The number of hydrogen-bond acceptors (Lipinski definition) is 4. The van der Waals surface area contributed by atoms with Gasteiger partial charge in [0.05, 0.1) is 12.1 Å². The minimum atomic E-state index is -0.259. The number of rotatable bonds is 5. The molecule has 3 rings (SSSR count). The summed E-state index contributed by atoms with van der Waals surface area (Å²) >= 11 is 1.57. The first-order chi connectivity index (χ1) is 12.1. The van der Waals surface area contributed by atoms with Gasteiger partial charge in [0.2, 0.25) is 11.8 Å². The van der Waals surface area contributed by atoms with Crippen LogP contribution in [-0.2, 0) is 22.4 Å². The van der Waals surface area contributed by atoms with Crippen LogP contribution < -0.4 is 5.73 Å². The number of thiazole rings is 1. The molecule has 1 aromatic carbocycles. The van der Waals surface area contributed by atoms with E-state index in [2.05, 4.69) is 36.2 Å². The van der Waals surface area contributed by atoms with Crippen molar-refractivity contribution in [1.82, 2.24) is 9.88 Å². The number of carbonyl (C=O) groups excluding carboxylic acids is 2. The van der Waals surface area contributed by atoms with Crippen molar-refractivity contribution in [1.29, 1.82) is 0 Å². The molecule has 2 aromatic rings. The predicted octanol–water partition coefficient (Wildman–Crippen LogP) is 2.64. The predicted molar refractivity (Wildman–Crippen MR) is 99.1 cm³/mol. The van der Waals surface area contributed by atoms with Crippen LogP contribution in [0.3, 0.4) is 0 Å². The largest absolute Gasteiger partial charge is 0.369 e. The van der Waals surface area contributed by atoms with Crippen molar-refractivity contribution in [2.24, 2.45) is 11.7 Å². The average molecular weight is 357 g/mol. The summed E-state index contributed by atoms with van der Waals surface area (Å²) in [5.74, 6) is -0.285. The summed E-state index contributed by atoms with van der Waals surface area (Å²) in [5.41, 5.74) is 8.53.